The Hall–Kier alpha value is -4.08. The highest BCUT2D eigenvalue weighted by atomic mass is 28.4. The van der Waals surface area contributed by atoms with E-state index in [-0.39, 0.29) is 34.8 Å². The standard InChI is InChI=1S/C37H55BO3Si.C28H36O2/c1-12-37(13-2,32-20-21-33(29(4)27-32)38-39-34(5,6)35(7,8)40-38)31-19-18-30(28(3)26-31)22-25-36(41-42(9,10)11)23-16-14-15-17-24-36;1-5-28(6-2,25-13-14-26(29)22(4)20-25)24-12-11-23(21(3)19-24)15-18-27(30)16-9-7-8-10-17-27/h18-21,26-27H,12-17,23-24H2,1-11H3;11-14,19-20,29-30H,5-10,16-17H2,1-4H3. The van der Waals surface area contributed by atoms with Gasteiger partial charge in [-0.1, -0.05) is 137 Å². The average Bonchev–Trinajstić information content (AvgIpc) is 3.55. The summed E-state index contributed by atoms with van der Waals surface area (Å²) in [6.45, 7) is 32.9. The molecule has 0 spiro atoms. The summed E-state index contributed by atoms with van der Waals surface area (Å²) < 4.78 is 19.6. The molecule has 0 aromatic heterocycles. The fourth-order valence-corrected chi connectivity index (χ4v) is 13.2. The summed E-state index contributed by atoms with van der Waals surface area (Å²) in [6, 6.07) is 26.4. The molecule has 5 nitrogen and oxygen atoms in total. The van der Waals surface area contributed by atoms with E-state index in [0.717, 1.165) is 91.9 Å². The first-order valence-electron chi connectivity index (χ1n) is 27.9. The van der Waals surface area contributed by atoms with E-state index in [1.54, 1.807) is 0 Å². The van der Waals surface area contributed by atoms with Crippen molar-refractivity contribution in [3.8, 4) is 29.4 Å². The minimum absolute atomic E-state index is 0.0700. The van der Waals surface area contributed by atoms with Crippen molar-refractivity contribution in [2.75, 3.05) is 0 Å². The minimum atomic E-state index is -1.72. The molecule has 0 unspecified atom stereocenters. The lowest BCUT2D eigenvalue weighted by atomic mass is 9.68. The Labute approximate surface area is 439 Å². The third kappa shape index (κ3) is 12.9. The van der Waals surface area contributed by atoms with Gasteiger partial charge in [0, 0.05) is 22.0 Å². The quantitative estimate of drug-likeness (QED) is 0.0890. The summed E-state index contributed by atoms with van der Waals surface area (Å²) in [7, 11) is -2.07. The second-order valence-electron chi connectivity index (χ2n) is 23.9. The van der Waals surface area contributed by atoms with E-state index in [9.17, 15) is 10.2 Å². The number of hydrogen-bond donors (Lipinski definition) is 2. The van der Waals surface area contributed by atoms with Crippen molar-refractivity contribution in [3.05, 3.63) is 128 Å². The van der Waals surface area contributed by atoms with Gasteiger partial charge in [0.15, 0.2) is 8.32 Å². The summed E-state index contributed by atoms with van der Waals surface area (Å²) in [6.07, 6.45) is 17.2. The molecule has 1 heterocycles. The van der Waals surface area contributed by atoms with E-state index >= 15 is 0 Å². The number of benzene rings is 4. The molecule has 2 N–H and O–H groups in total. The Morgan fingerprint density at radius 1 is 0.542 bits per heavy atom. The molecule has 0 bridgehead atoms. The lowest BCUT2D eigenvalue weighted by Crippen LogP contribution is -2.41. The second-order valence-corrected chi connectivity index (χ2v) is 28.3. The summed E-state index contributed by atoms with van der Waals surface area (Å²) >= 11 is 0. The number of rotatable bonds is 11. The maximum Gasteiger partial charge on any atom is 0.495 e. The van der Waals surface area contributed by atoms with Gasteiger partial charge in [0.25, 0.3) is 0 Å². The van der Waals surface area contributed by atoms with Crippen molar-refractivity contribution < 1.29 is 23.9 Å². The molecule has 7 heteroatoms. The van der Waals surface area contributed by atoms with Crippen molar-refractivity contribution in [2.24, 2.45) is 0 Å². The smallest absolute Gasteiger partial charge is 0.495 e. The molecule has 72 heavy (non-hydrogen) atoms. The average molecular weight is 991 g/mol. The summed E-state index contributed by atoms with van der Waals surface area (Å²) in [4.78, 5) is 0. The van der Waals surface area contributed by atoms with Gasteiger partial charge >= 0.3 is 7.12 Å². The van der Waals surface area contributed by atoms with Gasteiger partial charge in [-0.15, -0.1) is 0 Å². The lowest BCUT2D eigenvalue weighted by Gasteiger charge is -2.35. The zero-order chi connectivity index (χ0) is 52.8. The van der Waals surface area contributed by atoms with Crippen LogP contribution in [-0.4, -0.2) is 48.1 Å². The van der Waals surface area contributed by atoms with Gasteiger partial charge in [0.05, 0.1) is 11.2 Å². The molecule has 388 valence electrons. The van der Waals surface area contributed by atoms with E-state index in [1.165, 1.54) is 71.9 Å². The first kappa shape index (κ1) is 57.2. The fraction of sp³-hybridized carbons (Fsp3) is 0.569. The predicted octanol–water partition coefficient (Wildman–Crippen LogP) is 15.6. The van der Waals surface area contributed by atoms with Crippen LogP contribution in [0.4, 0.5) is 0 Å². The highest BCUT2D eigenvalue weighted by Gasteiger charge is 2.52. The van der Waals surface area contributed by atoms with E-state index in [2.05, 4.69) is 186 Å². The molecular formula is C65H91BO5Si. The molecule has 0 radical (unpaired) electrons. The zero-order valence-corrected chi connectivity index (χ0v) is 48.4. The van der Waals surface area contributed by atoms with Crippen LogP contribution in [0.5, 0.6) is 5.75 Å². The maximum atomic E-state index is 10.9. The van der Waals surface area contributed by atoms with Gasteiger partial charge in [-0.2, -0.15) is 0 Å². The van der Waals surface area contributed by atoms with Gasteiger partial charge in [-0.25, -0.2) is 0 Å². The van der Waals surface area contributed by atoms with Crippen LogP contribution in [-0.2, 0) is 24.6 Å². The molecule has 1 aliphatic heterocycles. The topological polar surface area (TPSA) is 68.2 Å². The Morgan fingerprint density at radius 2 is 0.931 bits per heavy atom. The maximum absolute atomic E-state index is 10.9. The van der Waals surface area contributed by atoms with Crippen molar-refractivity contribution in [1.82, 2.24) is 0 Å². The number of phenols is 1. The van der Waals surface area contributed by atoms with Gasteiger partial charge in [0.1, 0.15) is 17.0 Å². The van der Waals surface area contributed by atoms with Crippen LogP contribution in [0.2, 0.25) is 19.6 Å². The first-order chi connectivity index (χ1) is 33.9. The Balaban J connectivity index is 0.000000249. The summed E-state index contributed by atoms with van der Waals surface area (Å²) in [5.74, 6) is 14.1. The summed E-state index contributed by atoms with van der Waals surface area (Å²) in [5.41, 5.74) is 11.0. The zero-order valence-electron chi connectivity index (χ0n) is 47.4. The highest BCUT2D eigenvalue weighted by Crippen LogP contribution is 2.43. The largest absolute Gasteiger partial charge is 0.508 e. The highest BCUT2D eigenvalue weighted by molar-refractivity contribution is 6.69. The molecule has 4 aromatic carbocycles. The number of aromatic hydroxyl groups is 1. The number of hydrogen-bond acceptors (Lipinski definition) is 5. The van der Waals surface area contributed by atoms with E-state index in [4.69, 9.17) is 13.7 Å². The predicted molar refractivity (Wildman–Crippen MR) is 306 cm³/mol. The van der Waals surface area contributed by atoms with Crippen LogP contribution in [0, 0.1) is 51.4 Å². The van der Waals surface area contributed by atoms with Crippen LogP contribution in [0.1, 0.15) is 214 Å². The Bertz CT molecular complexity index is 2590. The first-order valence-corrected chi connectivity index (χ1v) is 31.3. The van der Waals surface area contributed by atoms with Crippen LogP contribution >= 0.6 is 0 Å². The third-order valence-corrected chi connectivity index (χ3v) is 18.3. The van der Waals surface area contributed by atoms with Crippen LogP contribution in [0.25, 0.3) is 0 Å². The van der Waals surface area contributed by atoms with Crippen molar-refractivity contribution >= 4 is 20.9 Å². The van der Waals surface area contributed by atoms with E-state index < -0.39 is 13.9 Å². The van der Waals surface area contributed by atoms with E-state index in [1.807, 2.05) is 13.0 Å². The lowest BCUT2D eigenvalue weighted by molar-refractivity contribution is 0.00578. The molecule has 3 aliphatic rings. The van der Waals surface area contributed by atoms with Gasteiger partial charge < -0.3 is 23.9 Å². The Kier molecular flexibility index (Phi) is 18.4. The molecule has 7 rings (SSSR count). The molecule has 2 aliphatic carbocycles. The molecule has 0 amide bonds. The van der Waals surface area contributed by atoms with Crippen molar-refractivity contribution in [2.45, 2.75) is 239 Å². The van der Waals surface area contributed by atoms with Crippen LogP contribution in [0.3, 0.4) is 0 Å². The van der Waals surface area contributed by atoms with Gasteiger partial charge in [-0.05, 0) is 215 Å². The Morgan fingerprint density at radius 3 is 1.33 bits per heavy atom. The molecule has 3 fully saturated rings. The van der Waals surface area contributed by atoms with E-state index in [0.29, 0.717) is 5.75 Å². The minimum Gasteiger partial charge on any atom is -0.508 e. The van der Waals surface area contributed by atoms with Gasteiger partial charge in [-0.3, -0.25) is 0 Å². The number of aryl methyl sites for hydroxylation is 4. The fourth-order valence-electron chi connectivity index (χ4n) is 11.8. The second kappa shape index (κ2) is 23.2. The molecular weight excluding hydrogens is 900 g/mol. The molecule has 4 aromatic rings. The molecule has 2 saturated carbocycles. The van der Waals surface area contributed by atoms with Crippen LogP contribution in [0.15, 0.2) is 72.8 Å². The number of aliphatic hydroxyl groups is 1. The van der Waals surface area contributed by atoms with Gasteiger partial charge in [0.2, 0.25) is 0 Å². The SMILES string of the molecule is CCC(CC)(c1ccc(C#CC2(O[Si](C)(C)C)CCCCCC2)c(C)c1)c1ccc(B2OC(C)(C)C(C)(C)O2)c(C)c1.CCC(CC)(c1ccc(O)c(C)c1)c1ccc(C#CC2(O)CCCCCC2)c(C)c1. The molecule has 1 saturated heterocycles. The normalized spacial score (nSPS) is 18.6. The van der Waals surface area contributed by atoms with Crippen molar-refractivity contribution in [1.29, 1.82) is 0 Å². The van der Waals surface area contributed by atoms with Crippen LogP contribution < -0.4 is 5.46 Å². The third-order valence-electron chi connectivity index (χ3n) is 17.2. The number of phenolic OH excluding ortho intramolecular Hbond substituents is 1. The molecule has 0 atom stereocenters. The van der Waals surface area contributed by atoms with Crippen molar-refractivity contribution in [3.63, 3.8) is 0 Å². The summed E-state index contributed by atoms with van der Waals surface area (Å²) in [5, 5.41) is 20.8. The monoisotopic (exact) mass is 991 g/mol.